The van der Waals surface area contributed by atoms with Crippen molar-refractivity contribution >= 4 is 41.5 Å². The lowest BCUT2D eigenvalue weighted by molar-refractivity contribution is -0.119. The smallest absolute Gasteiger partial charge is 0.241 e. The Bertz CT molecular complexity index is 897. The highest BCUT2D eigenvalue weighted by molar-refractivity contribution is 14.0. The maximum absolute atomic E-state index is 14.0. The minimum absolute atomic E-state index is 0. The van der Waals surface area contributed by atoms with E-state index in [9.17, 15) is 13.6 Å². The van der Waals surface area contributed by atoms with Gasteiger partial charge in [-0.15, -0.1) is 24.0 Å². The molecule has 6 nitrogen and oxygen atoms in total. The van der Waals surface area contributed by atoms with Crippen LogP contribution in [0.4, 0.5) is 14.5 Å². The van der Waals surface area contributed by atoms with E-state index in [1.165, 1.54) is 17.7 Å². The molecule has 1 fully saturated rings. The van der Waals surface area contributed by atoms with E-state index in [0.29, 0.717) is 37.8 Å². The van der Waals surface area contributed by atoms with Gasteiger partial charge in [-0.25, -0.2) is 13.8 Å². The van der Waals surface area contributed by atoms with Crippen molar-refractivity contribution in [2.75, 3.05) is 37.6 Å². The number of nitrogens with one attached hydrogen (secondary N) is 3. The highest BCUT2D eigenvalue weighted by Gasteiger charge is 2.25. The lowest BCUT2D eigenvalue weighted by Crippen LogP contribution is -2.45. The summed E-state index contributed by atoms with van der Waals surface area (Å²) in [6, 6.07) is 13.6. The Morgan fingerprint density at radius 3 is 2.66 bits per heavy atom. The first kappa shape index (κ1) is 25.8. The number of hydrogen-bond acceptors (Lipinski definition) is 3. The van der Waals surface area contributed by atoms with E-state index in [-0.39, 0.29) is 42.5 Å². The van der Waals surface area contributed by atoms with E-state index in [0.717, 1.165) is 18.9 Å². The average molecular weight is 557 g/mol. The Morgan fingerprint density at radius 1 is 1.16 bits per heavy atom. The number of carbonyl (C=O) groups is 1. The van der Waals surface area contributed by atoms with Crippen LogP contribution in [-0.4, -0.2) is 50.6 Å². The number of halogens is 3. The number of carbonyl (C=O) groups excluding carboxylic acids is 1. The predicted molar refractivity (Wildman–Crippen MR) is 135 cm³/mol. The summed E-state index contributed by atoms with van der Waals surface area (Å²) in [5, 5.41) is 9.32. The molecule has 0 radical (unpaired) electrons. The summed E-state index contributed by atoms with van der Waals surface area (Å²) in [6.07, 6.45) is 1.55. The van der Waals surface area contributed by atoms with Gasteiger partial charge in [0.15, 0.2) is 5.96 Å². The van der Waals surface area contributed by atoms with Crippen molar-refractivity contribution in [1.29, 1.82) is 0 Å². The molecule has 0 saturated carbocycles. The van der Waals surface area contributed by atoms with Crippen LogP contribution in [0.15, 0.2) is 53.5 Å². The molecule has 1 unspecified atom stereocenters. The third-order valence-electron chi connectivity index (χ3n) is 5.08. The van der Waals surface area contributed by atoms with E-state index in [1.54, 1.807) is 0 Å². The summed E-state index contributed by atoms with van der Waals surface area (Å²) in [7, 11) is 0. The van der Waals surface area contributed by atoms with Crippen molar-refractivity contribution in [2.24, 2.45) is 4.99 Å². The van der Waals surface area contributed by atoms with Crippen molar-refractivity contribution in [2.45, 2.75) is 25.8 Å². The molecule has 32 heavy (non-hydrogen) atoms. The van der Waals surface area contributed by atoms with Crippen LogP contribution in [-0.2, 0) is 11.2 Å². The molecular weight excluding hydrogens is 527 g/mol. The topological polar surface area (TPSA) is 68.8 Å². The van der Waals surface area contributed by atoms with E-state index in [4.69, 9.17) is 0 Å². The van der Waals surface area contributed by atoms with E-state index < -0.39 is 11.6 Å². The lowest BCUT2D eigenvalue weighted by Gasteiger charge is -2.21. The Labute approximate surface area is 204 Å². The second-order valence-corrected chi connectivity index (χ2v) is 7.45. The van der Waals surface area contributed by atoms with Gasteiger partial charge in [-0.3, -0.25) is 4.79 Å². The van der Waals surface area contributed by atoms with E-state index in [2.05, 4.69) is 20.9 Å². The van der Waals surface area contributed by atoms with Gasteiger partial charge in [0, 0.05) is 38.3 Å². The quantitative estimate of drug-likeness (QED) is 0.265. The summed E-state index contributed by atoms with van der Waals surface area (Å²) < 4.78 is 27.2. The zero-order valence-corrected chi connectivity index (χ0v) is 20.4. The van der Waals surface area contributed by atoms with Crippen molar-refractivity contribution in [1.82, 2.24) is 16.0 Å². The summed E-state index contributed by atoms with van der Waals surface area (Å²) in [5.74, 6) is -0.742. The molecule has 0 bridgehead atoms. The van der Waals surface area contributed by atoms with Gasteiger partial charge in [0.25, 0.3) is 0 Å². The molecular formula is C23H30F2IN5O. The van der Waals surface area contributed by atoms with Gasteiger partial charge in [0.05, 0.1) is 5.69 Å². The number of amides is 1. The number of hydrogen-bond donors (Lipinski definition) is 3. The van der Waals surface area contributed by atoms with Crippen LogP contribution >= 0.6 is 24.0 Å². The standard InChI is InChI=1S/C23H29F2N5O.HI/c1-2-26-23(28-15-22(31)27-12-10-17-6-4-3-5-7-17)29-19-11-13-30(16-19)21-9-8-18(24)14-20(21)25;/h3-9,14,19H,2,10-13,15-16H2,1H3,(H,27,31)(H2,26,28,29);1H. The number of rotatable bonds is 8. The Morgan fingerprint density at radius 2 is 1.94 bits per heavy atom. The summed E-state index contributed by atoms with van der Waals surface area (Å²) >= 11 is 0. The molecule has 1 aliphatic rings. The molecule has 3 rings (SSSR count). The Kier molecular flexibility index (Phi) is 10.6. The van der Waals surface area contributed by atoms with Gasteiger partial charge >= 0.3 is 0 Å². The van der Waals surface area contributed by atoms with Gasteiger partial charge in [0.1, 0.15) is 18.2 Å². The second kappa shape index (κ2) is 13.2. The van der Waals surface area contributed by atoms with Gasteiger partial charge in [-0.1, -0.05) is 30.3 Å². The molecule has 1 aliphatic heterocycles. The van der Waals surface area contributed by atoms with Crippen LogP contribution in [0.1, 0.15) is 18.9 Å². The van der Waals surface area contributed by atoms with Crippen LogP contribution in [0.5, 0.6) is 0 Å². The van der Waals surface area contributed by atoms with Gasteiger partial charge in [-0.05, 0) is 37.5 Å². The molecule has 2 aromatic rings. The maximum atomic E-state index is 14.0. The number of nitrogens with zero attached hydrogens (tertiary/aromatic N) is 2. The van der Waals surface area contributed by atoms with Crippen LogP contribution in [0.3, 0.4) is 0 Å². The highest BCUT2D eigenvalue weighted by atomic mass is 127. The summed E-state index contributed by atoms with van der Waals surface area (Å²) in [6.45, 7) is 4.41. The maximum Gasteiger partial charge on any atom is 0.241 e. The van der Waals surface area contributed by atoms with Crippen molar-refractivity contribution < 1.29 is 13.6 Å². The number of guanidine groups is 1. The molecule has 0 aliphatic carbocycles. The van der Waals surface area contributed by atoms with Crippen molar-refractivity contribution in [3.63, 3.8) is 0 Å². The SMILES string of the molecule is CCNC(=NCC(=O)NCCc1ccccc1)NC1CCN(c2ccc(F)cc2F)C1.I. The molecule has 2 aromatic carbocycles. The lowest BCUT2D eigenvalue weighted by atomic mass is 10.1. The minimum atomic E-state index is -0.585. The van der Waals surface area contributed by atoms with Crippen LogP contribution in [0.25, 0.3) is 0 Å². The van der Waals surface area contributed by atoms with Gasteiger partial charge < -0.3 is 20.9 Å². The van der Waals surface area contributed by atoms with Gasteiger partial charge in [-0.2, -0.15) is 0 Å². The molecule has 1 heterocycles. The molecule has 174 valence electrons. The largest absolute Gasteiger partial charge is 0.367 e. The first-order valence-corrected chi connectivity index (χ1v) is 10.6. The highest BCUT2D eigenvalue weighted by Crippen LogP contribution is 2.24. The molecule has 1 amide bonds. The third kappa shape index (κ3) is 7.92. The third-order valence-corrected chi connectivity index (χ3v) is 5.08. The molecule has 1 atom stereocenters. The fraction of sp³-hybridized carbons (Fsp3) is 0.391. The first-order chi connectivity index (χ1) is 15.0. The zero-order valence-electron chi connectivity index (χ0n) is 18.1. The van der Waals surface area contributed by atoms with Crippen LogP contribution < -0.4 is 20.9 Å². The predicted octanol–water partition coefficient (Wildman–Crippen LogP) is 3.08. The summed E-state index contributed by atoms with van der Waals surface area (Å²) in [5.41, 5.74) is 1.56. The zero-order chi connectivity index (χ0) is 22.1. The van der Waals surface area contributed by atoms with Crippen molar-refractivity contribution in [3.05, 3.63) is 65.7 Å². The average Bonchev–Trinajstić information content (AvgIpc) is 3.21. The first-order valence-electron chi connectivity index (χ1n) is 10.6. The summed E-state index contributed by atoms with van der Waals surface area (Å²) in [4.78, 5) is 18.4. The van der Waals surface area contributed by atoms with Gasteiger partial charge in [0.2, 0.25) is 5.91 Å². The van der Waals surface area contributed by atoms with E-state index >= 15 is 0 Å². The fourth-order valence-corrected chi connectivity index (χ4v) is 3.55. The molecule has 0 aromatic heterocycles. The minimum Gasteiger partial charge on any atom is -0.367 e. The van der Waals surface area contributed by atoms with Crippen LogP contribution in [0.2, 0.25) is 0 Å². The number of benzene rings is 2. The number of aliphatic imine (C=N–C) groups is 1. The molecule has 1 saturated heterocycles. The Hall–Kier alpha value is -2.43. The number of anilines is 1. The molecule has 9 heteroatoms. The Balaban J connectivity index is 0.00000363. The normalized spacial score (nSPS) is 15.8. The van der Waals surface area contributed by atoms with Crippen molar-refractivity contribution in [3.8, 4) is 0 Å². The monoisotopic (exact) mass is 557 g/mol. The second-order valence-electron chi connectivity index (χ2n) is 7.45. The fourth-order valence-electron chi connectivity index (χ4n) is 3.55. The molecule has 3 N–H and O–H groups in total. The molecule has 0 spiro atoms. The van der Waals surface area contributed by atoms with Crippen LogP contribution in [0, 0.1) is 11.6 Å². The van der Waals surface area contributed by atoms with E-state index in [1.807, 2.05) is 42.2 Å².